The molecule has 27 heavy (non-hydrogen) atoms. The van der Waals surface area contributed by atoms with E-state index < -0.39 is 10.0 Å². The Balaban J connectivity index is 1.75. The summed E-state index contributed by atoms with van der Waals surface area (Å²) in [5.74, 6) is 0.583. The molecular formula is C18H18N6O2S. The number of nitrogens with zero attached hydrogens (tertiary/aromatic N) is 4. The average Bonchev–Trinajstić information content (AvgIpc) is 3.20. The molecule has 0 aliphatic rings. The molecule has 3 heterocycles. The summed E-state index contributed by atoms with van der Waals surface area (Å²) >= 11 is 0. The van der Waals surface area contributed by atoms with Gasteiger partial charge < -0.3 is 0 Å². The summed E-state index contributed by atoms with van der Waals surface area (Å²) in [6, 6.07) is 7.37. The van der Waals surface area contributed by atoms with E-state index in [0.717, 1.165) is 11.1 Å². The average molecular weight is 382 g/mol. The highest BCUT2D eigenvalue weighted by Gasteiger charge is 2.23. The van der Waals surface area contributed by atoms with Crippen LogP contribution in [0.5, 0.6) is 0 Å². The molecule has 0 radical (unpaired) electrons. The van der Waals surface area contributed by atoms with Crippen LogP contribution in [0.2, 0.25) is 0 Å². The van der Waals surface area contributed by atoms with Gasteiger partial charge in [0, 0.05) is 24.2 Å². The number of benzene rings is 1. The first-order chi connectivity index (χ1) is 12.8. The Morgan fingerprint density at radius 3 is 2.70 bits per heavy atom. The Bertz CT molecular complexity index is 1200. The molecule has 8 nitrogen and oxygen atoms in total. The van der Waals surface area contributed by atoms with E-state index in [0.29, 0.717) is 28.5 Å². The summed E-state index contributed by atoms with van der Waals surface area (Å²) in [4.78, 5) is 8.87. The second-order valence-corrected chi connectivity index (χ2v) is 7.97. The topological polar surface area (TPSA) is 105 Å². The van der Waals surface area contributed by atoms with Gasteiger partial charge in [0.05, 0.1) is 22.8 Å². The van der Waals surface area contributed by atoms with Gasteiger partial charge in [-0.05, 0) is 38.5 Å². The molecular weight excluding hydrogens is 364 g/mol. The zero-order valence-electron chi connectivity index (χ0n) is 15.1. The zero-order valence-corrected chi connectivity index (χ0v) is 15.9. The molecule has 138 valence electrons. The van der Waals surface area contributed by atoms with Crippen LogP contribution in [-0.2, 0) is 10.0 Å². The van der Waals surface area contributed by atoms with Gasteiger partial charge in [-0.3, -0.25) is 14.2 Å². The van der Waals surface area contributed by atoms with Gasteiger partial charge >= 0.3 is 0 Å². The third-order valence-corrected chi connectivity index (χ3v) is 5.97. The fourth-order valence-electron chi connectivity index (χ4n) is 2.99. The predicted molar refractivity (Wildman–Crippen MR) is 102 cm³/mol. The molecule has 0 aliphatic carbocycles. The molecule has 4 aromatic rings. The first kappa shape index (κ1) is 17.2. The van der Waals surface area contributed by atoms with Gasteiger partial charge in [0.15, 0.2) is 0 Å². The maximum Gasteiger partial charge on any atom is 0.265 e. The number of aromatic amines is 1. The van der Waals surface area contributed by atoms with E-state index in [9.17, 15) is 8.42 Å². The quantitative estimate of drug-likeness (QED) is 0.565. The van der Waals surface area contributed by atoms with Crippen molar-refractivity contribution in [2.45, 2.75) is 25.7 Å². The van der Waals surface area contributed by atoms with Crippen molar-refractivity contribution >= 4 is 21.5 Å². The molecule has 0 unspecified atom stereocenters. The van der Waals surface area contributed by atoms with E-state index in [1.807, 2.05) is 41.9 Å². The first-order valence-corrected chi connectivity index (χ1v) is 9.78. The van der Waals surface area contributed by atoms with Crippen LogP contribution in [0, 0.1) is 20.8 Å². The van der Waals surface area contributed by atoms with Gasteiger partial charge in [0.2, 0.25) is 5.78 Å². The SMILES string of the molecule is Cc1ccc(-c2cn3cccnc3n2)cc1NS(=O)(=O)c1c(C)n[nH]c1C. The van der Waals surface area contributed by atoms with Gasteiger partial charge in [0.25, 0.3) is 10.0 Å². The van der Waals surface area contributed by atoms with Crippen molar-refractivity contribution in [2.75, 3.05) is 4.72 Å². The van der Waals surface area contributed by atoms with Gasteiger partial charge in [-0.1, -0.05) is 12.1 Å². The minimum absolute atomic E-state index is 0.171. The number of hydrogen-bond donors (Lipinski definition) is 2. The van der Waals surface area contributed by atoms with Crippen LogP contribution in [0.15, 0.2) is 47.8 Å². The third kappa shape index (κ3) is 3.06. The number of aromatic nitrogens is 5. The lowest BCUT2D eigenvalue weighted by Gasteiger charge is -2.12. The number of anilines is 1. The van der Waals surface area contributed by atoms with Gasteiger partial charge in [-0.15, -0.1) is 0 Å². The molecule has 0 spiro atoms. The van der Waals surface area contributed by atoms with Crippen LogP contribution in [0.3, 0.4) is 0 Å². The highest BCUT2D eigenvalue weighted by Crippen LogP contribution is 2.28. The monoisotopic (exact) mass is 382 g/mol. The summed E-state index contributed by atoms with van der Waals surface area (Å²) in [6.07, 6.45) is 5.40. The van der Waals surface area contributed by atoms with Crippen LogP contribution in [0.25, 0.3) is 17.0 Å². The van der Waals surface area contributed by atoms with Crippen molar-refractivity contribution in [3.63, 3.8) is 0 Å². The van der Waals surface area contributed by atoms with E-state index in [2.05, 4.69) is 24.9 Å². The second-order valence-electron chi connectivity index (χ2n) is 6.35. The Morgan fingerprint density at radius 1 is 1.19 bits per heavy atom. The lowest BCUT2D eigenvalue weighted by Crippen LogP contribution is -2.15. The number of H-pyrrole nitrogens is 1. The number of aryl methyl sites for hydroxylation is 3. The van der Waals surface area contributed by atoms with Crippen LogP contribution in [0.4, 0.5) is 5.69 Å². The normalized spacial score (nSPS) is 11.8. The van der Waals surface area contributed by atoms with Crippen molar-refractivity contribution in [3.05, 3.63) is 59.8 Å². The standard InChI is InChI=1S/C18H18N6O2S/c1-11-5-6-14(16-10-24-8-4-7-19-18(24)20-16)9-15(11)23-27(25,26)17-12(2)21-22-13(17)3/h4-10,23H,1-3H3,(H,21,22). The van der Waals surface area contributed by atoms with Crippen LogP contribution in [0.1, 0.15) is 17.0 Å². The summed E-state index contributed by atoms with van der Waals surface area (Å²) in [7, 11) is -3.76. The van der Waals surface area contributed by atoms with Crippen LogP contribution < -0.4 is 4.72 Å². The largest absolute Gasteiger partial charge is 0.291 e. The van der Waals surface area contributed by atoms with Crippen molar-refractivity contribution in [2.24, 2.45) is 0 Å². The fourth-order valence-corrected chi connectivity index (χ4v) is 4.49. The maximum atomic E-state index is 12.8. The Labute approximate surface area is 156 Å². The highest BCUT2D eigenvalue weighted by atomic mass is 32.2. The molecule has 0 saturated carbocycles. The molecule has 4 rings (SSSR count). The maximum absolute atomic E-state index is 12.8. The smallest absolute Gasteiger partial charge is 0.265 e. The first-order valence-electron chi connectivity index (χ1n) is 8.30. The van der Waals surface area contributed by atoms with E-state index >= 15 is 0 Å². The third-order valence-electron chi connectivity index (χ3n) is 4.34. The number of imidazole rings is 1. The number of hydrogen-bond acceptors (Lipinski definition) is 5. The van der Waals surface area contributed by atoms with Gasteiger partial charge in [-0.25, -0.2) is 18.4 Å². The van der Waals surface area contributed by atoms with E-state index in [1.165, 1.54) is 0 Å². The molecule has 0 bridgehead atoms. The minimum atomic E-state index is -3.76. The molecule has 3 aromatic heterocycles. The Kier molecular flexibility index (Phi) is 3.96. The predicted octanol–water partition coefficient (Wildman–Crippen LogP) is 2.85. The summed E-state index contributed by atoms with van der Waals surface area (Å²) in [5, 5.41) is 6.68. The minimum Gasteiger partial charge on any atom is -0.291 e. The number of fused-ring (bicyclic) bond motifs is 1. The molecule has 0 atom stereocenters. The summed E-state index contributed by atoms with van der Waals surface area (Å²) < 4.78 is 30.2. The van der Waals surface area contributed by atoms with Crippen molar-refractivity contribution in [3.8, 4) is 11.3 Å². The second kappa shape index (κ2) is 6.20. The molecule has 1 aromatic carbocycles. The van der Waals surface area contributed by atoms with Crippen molar-refractivity contribution in [1.29, 1.82) is 0 Å². The molecule has 0 fully saturated rings. The van der Waals surface area contributed by atoms with E-state index in [-0.39, 0.29) is 4.90 Å². The van der Waals surface area contributed by atoms with Crippen LogP contribution >= 0.6 is 0 Å². The summed E-state index contributed by atoms with van der Waals surface area (Å²) in [5.41, 5.74) is 3.75. The number of nitrogens with one attached hydrogen (secondary N) is 2. The fraction of sp³-hybridized carbons (Fsp3) is 0.167. The molecule has 9 heteroatoms. The Morgan fingerprint density at radius 2 is 2.00 bits per heavy atom. The van der Waals surface area contributed by atoms with Crippen LogP contribution in [-0.4, -0.2) is 33.0 Å². The van der Waals surface area contributed by atoms with E-state index in [1.54, 1.807) is 26.1 Å². The van der Waals surface area contributed by atoms with Crippen molar-refractivity contribution in [1.82, 2.24) is 24.6 Å². The summed E-state index contributed by atoms with van der Waals surface area (Å²) in [6.45, 7) is 5.19. The Hall–Kier alpha value is -3.20. The molecule has 0 amide bonds. The number of sulfonamides is 1. The zero-order chi connectivity index (χ0) is 19.2. The van der Waals surface area contributed by atoms with Crippen molar-refractivity contribution < 1.29 is 8.42 Å². The molecule has 2 N–H and O–H groups in total. The lowest BCUT2D eigenvalue weighted by molar-refractivity contribution is 0.600. The number of rotatable bonds is 4. The van der Waals surface area contributed by atoms with Gasteiger partial charge in [0.1, 0.15) is 4.90 Å². The van der Waals surface area contributed by atoms with Gasteiger partial charge in [-0.2, -0.15) is 5.10 Å². The highest BCUT2D eigenvalue weighted by molar-refractivity contribution is 7.92. The lowest BCUT2D eigenvalue weighted by atomic mass is 10.1. The molecule has 0 saturated heterocycles. The molecule has 0 aliphatic heterocycles. The van der Waals surface area contributed by atoms with E-state index in [4.69, 9.17) is 0 Å².